The Hall–Kier alpha value is -1.17. The fraction of sp³-hybridized carbons (Fsp3) is 0.700. The van der Waals surface area contributed by atoms with E-state index in [4.69, 9.17) is 4.74 Å². The van der Waals surface area contributed by atoms with E-state index in [0.717, 1.165) is 76.2 Å². The minimum atomic E-state index is 0. The fourth-order valence-corrected chi connectivity index (χ4v) is 3.11. The van der Waals surface area contributed by atoms with Crippen LogP contribution in [0, 0.1) is 0 Å². The molecule has 1 aromatic heterocycles. The highest BCUT2D eigenvalue weighted by Gasteiger charge is 2.14. The third-order valence-electron chi connectivity index (χ3n) is 4.99. The molecule has 0 bridgehead atoms. The van der Waals surface area contributed by atoms with Gasteiger partial charge in [0, 0.05) is 79.3 Å². The molecular formula is C20H38IN7O. The minimum Gasteiger partial charge on any atom is -0.385 e. The summed E-state index contributed by atoms with van der Waals surface area (Å²) in [7, 11) is 7.83. The number of aliphatic imine (C=N–C) groups is 1. The molecule has 0 amide bonds. The summed E-state index contributed by atoms with van der Waals surface area (Å²) in [5.74, 6) is 1.88. The Morgan fingerprint density at radius 1 is 1.21 bits per heavy atom. The Kier molecular flexibility index (Phi) is 13.2. The van der Waals surface area contributed by atoms with E-state index in [2.05, 4.69) is 61.5 Å². The maximum absolute atomic E-state index is 5.09. The Morgan fingerprint density at radius 2 is 1.97 bits per heavy atom. The van der Waals surface area contributed by atoms with Crippen molar-refractivity contribution in [2.24, 2.45) is 4.99 Å². The van der Waals surface area contributed by atoms with E-state index in [1.807, 2.05) is 6.20 Å². The first-order valence-corrected chi connectivity index (χ1v) is 10.1. The molecule has 2 heterocycles. The molecule has 0 atom stereocenters. The van der Waals surface area contributed by atoms with Crippen molar-refractivity contribution in [1.29, 1.82) is 0 Å². The van der Waals surface area contributed by atoms with E-state index in [1.54, 1.807) is 14.2 Å². The number of guanidine groups is 1. The van der Waals surface area contributed by atoms with Crippen LogP contribution < -0.4 is 15.5 Å². The Morgan fingerprint density at radius 3 is 2.59 bits per heavy atom. The number of aromatic nitrogens is 1. The predicted octanol–water partition coefficient (Wildman–Crippen LogP) is 1.08. The van der Waals surface area contributed by atoms with Gasteiger partial charge in [-0.05, 0) is 32.1 Å². The van der Waals surface area contributed by atoms with Gasteiger partial charge < -0.3 is 30.1 Å². The van der Waals surface area contributed by atoms with Gasteiger partial charge in [-0.15, -0.1) is 24.0 Å². The minimum absolute atomic E-state index is 0. The van der Waals surface area contributed by atoms with Crippen molar-refractivity contribution < 1.29 is 4.74 Å². The quantitative estimate of drug-likeness (QED) is 0.208. The van der Waals surface area contributed by atoms with Crippen molar-refractivity contribution >= 4 is 35.8 Å². The molecule has 2 rings (SSSR count). The lowest BCUT2D eigenvalue weighted by Crippen LogP contribution is -2.44. The number of piperazine rings is 1. The van der Waals surface area contributed by atoms with E-state index in [0.29, 0.717) is 6.54 Å². The Labute approximate surface area is 193 Å². The van der Waals surface area contributed by atoms with Crippen LogP contribution in [-0.4, -0.2) is 101 Å². The summed E-state index contributed by atoms with van der Waals surface area (Å²) in [6.45, 7) is 8.63. The first kappa shape index (κ1) is 25.9. The molecule has 8 nitrogen and oxygen atoms in total. The summed E-state index contributed by atoms with van der Waals surface area (Å²) in [5, 5.41) is 6.72. The topological polar surface area (TPSA) is 68.3 Å². The van der Waals surface area contributed by atoms with Gasteiger partial charge in [0.1, 0.15) is 5.82 Å². The van der Waals surface area contributed by atoms with Gasteiger partial charge in [-0.25, -0.2) is 4.98 Å². The van der Waals surface area contributed by atoms with Crippen LogP contribution in [0.5, 0.6) is 0 Å². The van der Waals surface area contributed by atoms with E-state index in [-0.39, 0.29) is 24.0 Å². The SMILES string of the molecule is CN=C(NCCN(C)CCCOC)NCc1ccc(N2CCN(C)CC2)nc1.I. The van der Waals surface area contributed by atoms with Gasteiger partial charge in [-0.2, -0.15) is 0 Å². The maximum Gasteiger partial charge on any atom is 0.191 e. The number of rotatable bonds is 10. The lowest BCUT2D eigenvalue weighted by atomic mass is 10.2. The summed E-state index contributed by atoms with van der Waals surface area (Å²) in [6, 6.07) is 4.26. The second kappa shape index (κ2) is 14.8. The first-order chi connectivity index (χ1) is 13.6. The number of halogens is 1. The van der Waals surface area contributed by atoms with Gasteiger partial charge in [-0.1, -0.05) is 6.07 Å². The summed E-state index contributed by atoms with van der Waals surface area (Å²) in [6.07, 6.45) is 3.01. The second-order valence-corrected chi connectivity index (χ2v) is 7.32. The van der Waals surface area contributed by atoms with E-state index >= 15 is 0 Å². The van der Waals surface area contributed by atoms with Crippen LogP contribution in [0.25, 0.3) is 0 Å². The molecular weight excluding hydrogens is 481 g/mol. The van der Waals surface area contributed by atoms with Crippen molar-refractivity contribution in [3.05, 3.63) is 23.9 Å². The van der Waals surface area contributed by atoms with Gasteiger partial charge in [0.2, 0.25) is 0 Å². The highest BCUT2D eigenvalue weighted by atomic mass is 127. The van der Waals surface area contributed by atoms with Crippen LogP contribution in [0.3, 0.4) is 0 Å². The molecule has 166 valence electrons. The van der Waals surface area contributed by atoms with Crippen LogP contribution in [0.4, 0.5) is 5.82 Å². The molecule has 0 saturated carbocycles. The van der Waals surface area contributed by atoms with Crippen LogP contribution >= 0.6 is 24.0 Å². The van der Waals surface area contributed by atoms with Crippen molar-refractivity contribution in [2.75, 3.05) is 85.6 Å². The number of nitrogens with one attached hydrogen (secondary N) is 2. The third kappa shape index (κ3) is 9.92. The van der Waals surface area contributed by atoms with Crippen molar-refractivity contribution in [2.45, 2.75) is 13.0 Å². The molecule has 1 aliphatic heterocycles. The van der Waals surface area contributed by atoms with Crippen molar-refractivity contribution in [3.63, 3.8) is 0 Å². The van der Waals surface area contributed by atoms with Crippen LogP contribution in [0.1, 0.15) is 12.0 Å². The number of nitrogens with zero attached hydrogens (tertiary/aromatic N) is 5. The van der Waals surface area contributed by atoms with Gasteiger partial charge >= 0.3 is 0 Å². The van der Waals surface area contributed by atoms with E-state index < -0.39 is 0 Å². The number of anilines is 1. The fourth-order valence-electron chi connectivity index (χ4n) is 3.11. The zero-order chi connectivity index (χ0) is 20.2. The largest absolute Gasteiger partial charge is 0.385 e. The van der Waals surface area contributed by atoms with Crippen molar-refractivity contribution in [1.82, 2.24) is 25.4 Å². The number of methoxy groups -OCH3 is 1. The third-order valence-corrected chi connectivity index (χ3v) is 4.99. The molecule has 0 aliphatic carbocycles. The van der Waals surface area contributed by atoms with Crippen LogP contribution in [0.2, 0.25) is 0 Å². The van der Waals surface area contributed by atoms with Gasteiger partial charge in [0.05, 0.1) is 0 Å². The zero-order valence-electron chi connectivity index (χ0n) is 18.4. The predicted molar refractivity (Wildman–Crippen MR) is 132 cm³/mol. The lowest BCUT2D eigenvalue weighted by Gasteiger charge is -2.33. The number of pyridine rings is 1. The summed E-state index contributed by atoms with van der Waals surface area (Å²) < 4.78 is 5.09. The lowest BCUT2D eigenvalue weighted by molar-refractivity contribution is 0.180. The highest BCUT2D eigenvalue weighted by Crippen LogP contribution is 2.13. The van der Waals surface area contributed by atoms with Gasteiger partial charge in [0.25, 0.3) is 0 Å². The average molecular weight is 519 g/mol. The zero-order valence-corrected chi connectivity index (χ0v) is 20.7. The number of ether oxygens (including phenoxy) is 1. The van der Waals surface area contributed by atoms with Gasteiger partial charge in [-0.3, -0.25) is 4.99 Å². The van der Waals surface area contributed by atoms with Gasteiger partial charge in [0.15, 0.2) is 5.96 Å². The van der Waals surface area contributed by atoms with Crippen LogP contribution in [0.15, 0.2) is 23.3 Å². The molecule has 0 unspecified atom stereocenters. The smallest absolute Gasteiger partial charge is 0.191 e. The molecule has 0 aromatic carbocycles. The molecule has 29 heavy (non-hydrogen) atoms. The van der Waals surface area contributed by atoms with E-state index in [9.17, 15) is 0 Å². The summed E-state index contributed by atoms with van der Waals surface area (Å²) in [5.41, 5.74) is 1.15. The Bertz CT molecular complexity index is 577. The monoisotopic (exact) mass is 519 g/mol. The molecule has 1 aliphatic rings. The molecule has 2 N–H and O–H groups in total. The highest BCUT2D eigenvalue weighted by molar-refractivity contribution is 14.0. The molecule has 1 fully saturated rings. The average Bonchev–Trinajstić information content (AvgIpc) is 2.72. The number of hydrogen-bond donors (Lipinski definition) is 2. The molecule has 0 spiro atoms. The second-order valence-electron chi connectivity index (χ2n) is 7.32. The maximum atomic E-state index is 5.09. The molecule has 1 saturated heterocycles. The molecule has 0 radical (unpaired) electrons. The molecule has 1 aromatic rings. The normalized spacial score (nSPS) is 15.3. The first-order valence-electron chi connectivity index (χ1n) is 10.1. The standard InChI is InChI=1S/C20H37N7O.HI/c1-21-20(22-8-10-25(2)9-5-15-28-4)24-17-18-6-7-19(23-16-18)27-13-11-26(3)12-14-27;/h6-7,16H,5,8-15,17H2,1-4H3,(H2,21,22,24);1H. The summed E-state index contributed by atoms with van der Waals surface area (Å²) >= 11 is 0. The number of likely N-dealkylation sites (N-methyl/N-ethyl adjacent to an activating group) is 2. The number of hydrogen-bond acceptors (Lipinski definition) is 6. The van der Waals surface area contributed by atoms with Crippen LogP contribution in [-0.2, 0) is 11.3 Å². The Balaban J connectivity index is 0.00000420. The van der Waals surface area contributed by atoms with E-state index in [1.165, 1.54) is 0 Å². The summed E-state index contributed by atoms with van der Waals surface area (Å²) in [4.78, 5) is 15.9. The molecule has 9 heteroatoms. The van der Waals surface area contributed by atoms with Crippen molar-refractivity contribution in [3.8, 4) is 0 Å².